The van der Waals surface area contributed by atoms with Crippen LogP contribution in [0.5, 0.6) is 0 Å². The molecule has 0 aliphatic rings. The molecule has 2 N–H and O–H groups in total. The molecule has 0 bridgehead atoms. The summed E-state index contributed by atoms with van der Waals surface area (Å²) in [6.45, 7) is 0.304. The van der Waals surface area contributed by atoms with Crippen molar-refractivity contribution in [1.29, 1.82) is 0 Å². The third kappa shape index (κ3) is 1.26. The molecule has 0 amide bonds. The van der Waals surface area contributed by atoms with Crippen LogP contribution in [0.3, 0.4) is 0 Å². The fraction of sp³-hybridized carbons (Fsp3) is 0.400. The largest absolute Gasteiger partial charge is 0.324 e. The Balaban J connectivity index is 2.41. The van der Waals surface area contributed by atoms with E-state index in [4.69, 9.17) is 5.73 Å². The lowest BCUT2D eigenvalue weighted by molar-refractivity contribution is 0.667. The standard InChI is InChI=1S/C5H8N8/c1-12-5(8-10-11-12)13-3-7-4(2-6)9-13/h3H,2,6H2,1H3. The molecule has 0 aliphatic carbocycles. The molecular formula is C5H8N8. The Labute approximate surface area is 73.4 Å². The number of hydrogen-bond acceptors (Lipinski definition) is 6. The summed E-state index contributed by atoms with van der Waals surface area (Å²) in [4.78, 5) is 3.95. The number of aryl methyl sites for hydroxylation is 1. The number of nitrogens with two attached hydrogens (primary N) is 1. The van der Waals surface area contributed by atoms with Crippen molar-refractivity contribution >= 4 is 0 Å². The van der Waals surface area contributed by atoms with E-state index in [1.807, 2.05) is 0 Å². The summed E-state index contributed by atoms with van der Waals surface area (Å²) in [5, 5.41) is 14.9. The van der Waals surface area contributed by atoms with Gasteiger partial charge in [0.2, 0.25) is 0 Å². The molecule has 0 aromatic carbocycles. The van der Waals surface area contributed by atoms with Crippen LogP contribution in [0, 0.1) is 0 Å². The average molecular weight is 180 g/mol. The summed E-state index contributed by atoms with van der Waals surface area (Å²) >= 11 is 0. The highest BCUT2D eigenvalue weighted by Gasteiger charge is 2.06. The van der Waals surface area contributed by atoms with Gasteiger partial charge in [0.15, 0.2) is 5.82 Å². The molecule has 0 saturated carbocycles. The van der Waals surface area contributed by atoms with E-state index >= 15 is 0 Å². The normalized spacial score (nSPS) is 10.6. The lowest BCUT2D eigenvalue weighted by Crippen LogP contribution is -2.06. The molecule has 0 fully saturated rings. The Morgan fingerprint density at radius 3 is 2.92 bits per heavy atom. The van der Waals surface area contributed by atoms with Crippen LogP contribution in [0.1, 0.15) is 5.82 Å². The highest BCUT2D eigenvalue weighted by Crippen LogP contribution is 1.97. The van der Waals surface area contributed by atoms with Crippen LogP contribution in [0.2, 0.25) is 0 Å². The molecule has 2 heterocycles. The van der Waals surface area contributed by atoms with E-state index in [-0.39, 0.29) is 0 Å². The van der Waals surface area contributed by atoms with E-state index in [0.29, 0.717) is 18.3 Å². The van der Waals surface area contributed by atoms with Crippen LogP contribution in [-0.4, -0.2) is 35.0 Å². The zero-order valence-corrected chi connectivity index (χ0v) is 6.99. The van der Waals surface area contributed by atoms with E-state index in [1.54, 1.807) is 7.05 Å². The van der Waals surface area contributed by atoms with Gasteiger partial charge in [-0.2, -0.15) is 4.68 Å². The quantitative estimate of drug-likeness (QED) is 0.588. The van der Waals surface area contributed by atoms with Crippen LogP contribution in [0.15, 0.2) is 6.33 Å². The highest BCUT2D eigenvalue weighted by molar-refractivity contribution is 5.03. The SMILES string of the molecule is Cn1nnnc1-n1cnc(CN)n1. The average Bonchev–Trinajstić information content (AvgIpc) is 2.71. The van der Waals surface area contributed by atoms with Crippen molar-refractivity contribution in [2.75, 3.05) is 0 Å². The number of rotatable bonds is 2. The third-order valence-corrected chi connectivity index (χ3v) is 1.52. The molecule has 13 heavy (non-hydrogen) atoms. The van der Waals surface area contributed by atoms with Gasteiger partial charge in [0, 0.05) is 7.05 Å². The minimum atomic E-state index is 0.304. The van der Waals surface area contributed by atoms with Crippen LogP contribution in [0.4, 0.5) is 0 Å². The first-order valence-electron chi connectivity index (χ1n) is 3.64. The van der Waals surface area contributed by atoms with Crippen molar-refractivity contribution < 1.29 is 0 Å². The summed E-state index contributed by atoms with van der Waals surface area (Å²) in [6.07, 6.45) is 1.52. The van der Waals surface area contributed by atoms with Crippen molar-refractivity contribution in [2.45, 2.75) is 6.54 Å². The highest BCUT2D eigenvalue weighted by atomic mass is 15.6. The summed E-state index contributed by atoms with van der Waals surface area (Å²) < 4.78 is 2.97. The Morgan fingerprint density at radius 1 is 1.54 bits per heavy atom. The molecule has 2 aromatic rings. The smallest absolute Gasteiger partial charge is 0.271 e. The molecule has 2 rings (SSSR count). The van der Waals surface area contributed by atoms with Gasteiger partial charge in [-0.05, 0) is 10.4 Å². The van der Waals surface area contributed by atoms with Crippen LogP contribution in [-0.2, 0) is 13.6 Å². The summed E-state index contributed by atoms with van der Waals surface area (Å²) in [6, 6.07) is 0. The first-order chi connectivity index (χ1) is 6.31. The molecule has 2 aromatic heterocycles. The monoisotopic (exact) mass is 180 g/mol. The van der Waals surface area contributed by atoms with Crippen LogP contribution < -0.4 is 5.73 Å². The number of tetrazole rings is 1. The third-order valence-electron chi connectivity index (χ3n) is 1.52. The molecule has 0 atom stereocenters. The minimum Gasteiger partial charge on any atom is -0.324 e. The number of aromatic nitrogens is 7. The van der Waals surface area contributed by atoms with E-state index in [1.165, 1.54) is 15.7 Å². The van der Waals surface area contributed by atoms with Gasteiger partial charge in [0.05, 0.1) is 6.54 Å². The van der Waals surface area contributed by atoms with Gasteiger partial charge < -0.3 is 5.73 Å². The van der Waals surface area contributed by atoms with Gasteiger partial charge in [-0.15, -0.1) is 5.10 Å². The minimum absolute atomic E-state index is 0.304. The molecule has 8 nitrogen and oxygen atoms in total. The van der Waals surface area contributed by atoms with E-state index in [2.05, 4.69) is 25.6 Å². The van der Waals surface area contributed by atoms with Gasteiger partial charge in [0.25, 0.3) is 5.95 Å². The van der Waals surface area contributed by atoms with Gasteiger partial charge in [-0.25, -0.2) is 9.67 Å². The van der Waals surface area contributed by atoms with Crippen molar-refractivity contribution in [2.24, 2.45) is 12.8 Å². The van der Waals surface area contributed by atoms with E-state index in [9.17, 15) is 0 Å². The summed E-state index contributed by atoms with van der Waals surface area (Å²) in [7, 11) is 1.72. The van der Waals surface area contributed by atoms with Crippen LogP contribution >= 0.6 is 0 Å². The number of hydrogen-bond donors (Lipinski definition) is 1. The fourth-order valence-electron chi connectivity index (χ4n) is 0.906. The Hall–Kier alpha value is -1.83. The predicted octanol–water partition coefficient (Wildman–Crippen LogP) is -1.75. The predicted molar refractivity (Wildman–Crippen MR) is 41.6 cm³/mol. The van der Waals surface area contributed by atoms with Crippen molar-refractivity contribution in [1.82, 2.24) is 35.0 Å². The van der Waals surface area contributed by atoms with Gasteiger partial charge in [0.1, 0.15) is 6.33 Å². The molecule has 0 radical (unpaired) electrons. The maximum absolute atomic E-state index is 5.36. The zero-order valence-electron chi connectivity index (χ0n) is 6.99. The second-order valence-electron chi connectivity index (χ2n) is 2.41. The van der Waals surface area contributed by atoms with Crippen molar-refractivity contribution in [3.8, 4) is 5.95 Å². The van der Waals surface area contributed by atoms with E-state index in [0.717, 1.165) is 0 Å². The molecular weight excluding hydrogens is 172 g/mol. The van der Waals surface area contributed by atoms with Crippen molar-refractivity contribution in [3.63, 3.8) is 0 Å². The first-order valence-corrected chi connectivity index (χ1v) is 3.64. The maximum atomic E-state index is 5.36. The maximum Gasteiger partial charge on any atom is 0.271 e. The molecule has 0 saturated heterocycles. The van der Waals surface area contributed by atoms with E-state index < -0.39 is 0 Å². The lowest BCUT2D eigenvalue weighted by Gasteiger charge is -1.94. The topological polar surface area (TPSA) is 100 Å². The van der Waals surface area contributed by atoms with Gasteiger partial charge in [-0.3, -0.25) is 0 Å². The molecule has 68 valence electrons. The second-order valence-corrected chi connectivity index (χ2v) is 2.41. The zero-order chi connectivity index (χ0) is 9.26. The Kier molecular flexibility index (Phi) is 1.74. The summed E-state index contributed by atoms with van der Waals surface area (Å²) in [5.74, 6) is 1.07. The van der Waals surface area contributed by atoms with Crippen molar-refractivity contribution in [3.05, 3.63) is 12.2 Å². The lowest BCUT2D eigenvalue weighted by atomic mass is 10.6. The van der Waals surface area contributed by atoms with Gasteiger partial charge >= 0.3 is 0 Å². The summed E-state index contributed by atoms with van der Waals surface area (Å²) in [5.41, 5.74) is 5.36. The van der Waals surface area contributed by atoms with Gasteiger partial charge in [-0.1, -0.05) is 5.10 Å². The fourth-order valence-corrected chi connectivity index (χ4v) is 0.906. The Morgan fingerprint density at radius 2 is 2.38 bits per heavy atom. The molecule has 0 aliphatic heterocycles. The first kappa shape index (κ1) is 7.80. The molecule has 8 heteroatoms. The Bertz CT molecular complexity index is 400. The molecule has 0 unspecified atom stereocenters. The second kappa shape index (κ2) is 2.90. The number of nitrogens with zero attached hydrogens (tertiary/aromatic N) is 7. The van der Waals surface area contributed by atoms with Crippen LogP contribution in [0.25, 0.3) is 5.95 Å². The molecule has 0 spiro atoms.